The molecule has 0 saturated carbocycles. The summed E-state index contributed by atoms with van der Waals surface area (Å²) in [7, 11) is 2.91. The number of hydrogen-bond donors (Lipinski definition) is 1. The third-order valence-corrected chi connectivity index (χ3v) is 3.81. The molecular formula is C15H15FN2O3. The van der Waals surface area contributed by atoms with Gasteiger partial charge in [0.1, 0.15) is 17.1 Å². The first kappa shape index (κ1) is 13.8. The lowest BCUT2D eigenvalue weighted by Gasteiger charge is -2.24. The topological polar surface area (TPSA) is 64.5 Å². The normalized spacial score (nSPS) is 20.2. The maximum Gasteiger partial charge on any atom is 0.242 e. The molecule has 0 amide bonds. The summed E-state index contributed by atoms with van der Waals surface area (Å²) in [6.07, 6.45) is 2.18. The lowest BCUT2D eigenvalue weighted by Crippen LogP contribution is -2.26. The fourth-order valence-electron chi connectivity index (χ4n) is 2.77. The zero-order chi connectivity index (χ0) is 15.0. The van der Waals surface area contributed by atoms with Crippen LogP contribution in [0.5, 0.6) is 11.8 Å². The summed E-state index contributed by atoms with van der Waals surface area (Å²) >= 11 is 0. The molecule has 1 aromatic carbocycles. The molecule has 1 aliphatic rings. The standard InChI is InChI=1S/C15H15FN2O3/c1-20-12-8-17-13(14(18-12)21-2)15(19)7-6-9-10(15)4-3-5-11(9)16/h3-5,8,19H,6-7H2,1-2H3. The van der Waals surface area contributed by atoms with E-state index in [2.05, 4.69) is 9.97 Å². The molecule has 1 unspecified atom stereocenters. The molecule has 0 aliphatic heterocycles. The fraction of sp³-hybridized carbons (Fsp3) is 0.333. The van der Waals surface area contributed by atoms with E-state index in [1.807, 2.05) is 0 Å². The smallest absolute Gasteiger partial charge is 0.242 e. The summed E-state index contributed by atoms with van der Waals surface area (Å²) in [4.78, 5) is 8.35. The van der Waals surface area contributed by atoms with Gasteiger partial charge in [-0.15, -0.1) is 0 Å². The highest BCUT2D eigenvalue weighted by atomic mass is 19.1. The molecule has 6 heteroatoms. The van der Waals surface area contributed by atoms with Crippen molar-refractivity contribution < 1.29 is 19.0 Å². The third kappa shape index (κ3) is 2.03. The van der Waals surface area contributed by atoms with Gasteiger partial charge < -0.3 is 14.6 Å². The van der Waals surface area contributed by atoms with Gasteiger partial charge in [-0.05, 0) is 30.0 Å². The van der Waals surface area contributed by atoms with Gasteiger partial charge in [0.15, 0.2) is 0 Å². The van der Waals surface area contributed by atoms with Crippen LogP contribution in [-0.2, 0) is 12.0 Å². The first-order chi connectivity index (χ1) is 10.1. The van der Waals surface area contributed by atoms with Gasteiger partial charge in [-0.1, -0.05) is 12.1 Å². The second-order valence-electron chi connectivity index (χ2n) is 4.90. The Hall–Kier alpha value is -2.21. The van der Waals surface area contributed by atoms with Gasteiger partial charge in [-0.25, -0.2) is 9.37 Å². The minimum atomic E-state index is -1.40. The number of rotatable bonds is 3. The SMILES string of the molecule is COc1cnc(C2(O)CCc3c(F)cccc32)c(OC)n1. The molecule has 1 aromatic heterocycles. The predicted octanol–water partition coefficient (Wildman–Crippen LogP) is 1.81. The van der Waals surface area contributed by atoms with E-state index in [1.54, 1.807) is 12.1 Å². The maximum atomic E-state index is 13.9. The van der Waals surface area contributed by atoms with Gasteiger partial charge >= 0.3 is 0 Å². The molecule has 0 fully saturated rings. The van der Waals surface area contributed by atoms with Gasteiger partial charge in [-0.3, -0.25) is 0 Å². The number of hydrogen-bond acceptors (Lipinski definition) is 5. The summed E-state index contributed by atoms with van der Waals surface area (Å²) in [6, 6.07) is 4.67. The summed E-state index contributed by atoms with van der Waals surface area (Å²) < 4.78 is 24.1. The molecule has 0 saturated heterocycles. The molecule has 0 radical (unpaired) electrons. The van der Waals surface area contributed by atoms with Gasteiger partial charge in [0, 0.05) is 0 Å². The zero-order valence-electron chi connectivity index (χ0n) is 11.8. The van der Waals surface area contributed by atoms with Crippen LogP contribution in [0.25, 0.3) is 0 Å². The Bertz CT molecular complexity index is 693. The van der Waals surface area contributed by atoms with Crippen LogP contribution < -0.4 is 9.47 Å². The molecule has 0 bridgehead atoms. The molecule has 1 atom stereocenters. The Morgan fingerprint density at radius 1 is 1.29 bits per heavy atom. The van der Waals surface area contributed by atoms with Gasteiger partial charge in [0.2, 0.25) is 11.8 Å². The number of aliphatic hydroxyl groups is 1. The van der Waals surface area contributed by atoms with Crippen molar-refractivity contribution in [2.45, 2.75) is 18.4 Å². The van der Waals surface area contributed by atoms with E-state index in [0.29, 0.717) is 24.0 Å². The number of fused-ring (bicyclic) bond motifs is 1. The van der Waals surface area contributed by atoms with E-state index in [9.17, 15) is 9.50 Å². The van der Waals surface area contributed by atoms with Crippen molar-refractivity contribution in [2.75, 3.05) is 14.2 Å². The Labute approximate surface area is 121 Å². The molecule has 110 valence electrons. The summed E-state index contributed by atoms with van der Waals surface area (Å²) in [6.45, 7) is 0. The second kappa shape index (κ2) is 4.96. The number of nitrogens with zero attached hydrogens (tertiary/aromatic N) is 2. The van der Waals surface area contributed by atoms with Crippen LogP contribution in [0.2, 0.25) is 0 Å². The van der Waals surface area contributed by atoms with E-state index in [-0.39, 0.29) is 23.3 Å². The Balaban J connectivity index is 2.16. The van der Waals surface area contributed by atoms with Gasteiger partial charge in [0.05, 0.1) is 20.4 Å². The molecule has 2 aromatic rings. The Morgan fingerprint density at radius 3 is 2.81 bits per heavy atom. The first-order valence-electron chi connectivity index (χ1n) is 6.56. The lowest BCUT2D eigenvalue weighted by molar-refractivity contribution is 0.0739. The van der Waals surface area contributed by atoms with Gasteiger partial charge in [-0.2, -0.15) is 4.98 Å². The highest BCUT2D eigenvalue weighted by Gasteiger charge is 2.43. The van der Waals surface area contributed by atoms with E-state index in [0.717, 1.165) is 0 Å². The van der Waals surface area contributed by atoms with Crippen LogP contribution >= 0.6 is 0 Å². The van der Waals surface area contributed by atoms with Crippen molar-refractivity contribution in [3.05, 3.63) is 47.0 Å². The number of aromatic nitrogens is 2. The number of benzene rings is 1. The van der Waals surface area contributed by atoms with E-state index < -0.39 is 5.60 Å². The minimum absolute atomic E-state index is 0.175. The minimum Gasteiger partial charge on any atom is -0.480 e. The average Bonchev–Trinajstić information content (AvgIpc) is 2.86. The van der Waals surface area contributed by atoms with Crippen molar-refractivity contribution in [1.29, 1.82) is 0 Å². The summed E-state index contributed by atoms with van der Waals surface area (Å²) in [5, 5.41) is 11.0. The monoisotopic (exact) mass is 290 g/mol. The summed E-state index contributed by atoms with van der Waals surface area (Å²) in [5.41, 5.74) is -0.0997. The van der Waals surface area contributed by atoms with Crippen LogP contribution in [0.3, 0.4) is 0 Å². The Kier molecular flexibility index (Phi) is 3.25. The maximum absolute atomic E-state index is 13.9. The summed E-state index contributed by atoms with van der Waals surface area (Å²) in [5.74, 6) is 0.148. The predicted molar refractivity (Wildman–Crippen MR) is 72.9 cm³/mol. The number of ether oxygens (including phenoxy) is 2. The molecule has 5 nitrogen and oxygen atoms in total. The quantitative estimate of drug-likeness (QED) is 0.934. The largest absolute Gasteiger partial charge is 0.480 e. The van der Waals surface area contributed by atoms with Crippen molar-refractivity contribution in [1.82, 2.24) is 9.97 Å². The van der Waals surface area contributed by atoms with Crippen molar-refractivity contribution in [3.8, 4) is 11.8 Å². The average molecular weight is 290 g/mol. The first-order valence-corrected chi connectivity index (χ1v) is 6.56. The van der Waals surface area contributed by atoms with Gasteiger partial charge in [0.25, 0.3) is 0 Å². The third-order valence-electron chi connectivity index (χ3n) is 3.81. The van der Waals surface area contributed by atoms with Crippen LogP contribution in [0, 0.1) is 5.82 Å². The molecule has 1 aliphatic carbocycles. The number of methoxy groups -OCH3 is 2. The molecule has 0 spiro atoms. The highest BCUT2D eigenvalue weighted by molar-refractivity contribution is 5.46. The number of halogens is 1. The Morgan fingerprint density at radius 2 is 2.10 bits per heavy atom. The zero-order valence-corrected chi connectivity index (χ0v) is 11.8. The van der Waals surface area contributed by atoms with Crippen molar-refractivity contribution in [2.24, 2.45) is 0 Å². The highest BCUT2D eigenvalue weighted by Crippen LogP contribution is 2.44. The molecule has 1 heterocycles. The van der Waals surface area contributed by atoms with Crippen LogP contribution in [0.15, 0.2) is 24.4 Å². The second-order valence-corrected chi connectivity index (χ2v) is 4.90. The molecule has 21 heavy (non-hydrogen) atoms. The molecular weight excluding hydrogens is 275 g/mol. The fourth-order valence-corrected chi connectivity index (χ4v) is 2.77. The van der Waals surface area contributed by atoms with E-state index in [4.69, 9.17) is 9.47 Å². The van der Waals surface area contributed by atoms with Crippen LogP contribution in [0.1, 0.15) is 23.2 Å². The lowest BCUT2D eigenvalue weighted by atomic mass is 9.92. The van der Waals surface area contributed by atoms with Crippen LogP contribution in [-0.4, -0.2) is 29.3 Å². The van der Waals surface area contributed by atoms with E-state index >= 15 is 0 Å². The molecule has 1 N–H and O–H groups in total. The van der Waals surface area contributed by atoms with Crippen molar-refractivity contribution in [3.63, 3.8) is 0 Å². The van der Waals surface area contributed by atoms with E-state index in [1.165, 1.54) is 26.5 Å². The van der Waals surface area contributed by atoms with Crippen LogP contribution in [0.4, 0.5) is 4.39 Å². The van der Waals surface area contributed by atoms with Crippen molar-refractivity contribution >= 4 is 0 Å². The molecule has 3 rings (SSSR count).